The summed E-state index contributed by atoms with van der Waals surface area (Å²) in [5.74, 6) is -0.304. The first-order valence-corrected chi connectivity index (χ1v) is 11.0. The third-order valence-electron chi connectivity index (χ3n) is 4.72. The van der Waals surface area contributed by atoms with Gasteiger partial charge in [0.25, 0.3) is 5.91 Å². The van der Waals surface area contributed by atoms with Crippen molar-refractivity contribution in [3.63, 3.8) is 0 Å². The number of para-hydroxylation sites is 1. The molecule has 8 nitrogen and oxygen atoms in total. The molecule has 4 N–H and O–H groups in total. The predicted molar refractivity (Wildman–Crippen MR) is 131 cm³/mol. The van der Waals surface area contributed by atoms with Crippen LogP contribution in [0.25, 0.3) is 10.9 Å². The number of rotatable bonds is 6. The zero-order valence-corrected chi connectivity index (χ0v) is 18.6. The predicted octanol–water partition coefficient (Wildman–Crippen LogP) is 5.42. The highest BCUT2D eigenvalue weighted by molar-refractivity contribution is 7.12. The Hall–Kier alpha value is -4.13. The van der Waals surface area contributed by atoms with Gasteiger partial charge in [-0.3, -0.25) is 9.78 Å². The van der Waals surface area contributed by atoms with Crippen molar-refractivity contribution in [1.82, 2.24) is 10.3 Å². The van der Waals surface area contributed by atoms with E-state index in [-0.39, 0.29) is 16.6 Å². The lowest BCUT2D eigenvalue weighted by Gasteiger charge is -2.12. The van der Waals surface area contributed by atoms with Crippen molar-refractivity contribution in [3.05, 3.63) is 81.6 Å². The van der Waals surface area contributed by atoms with Crippen molar-refractivity contribution >= 4 is 62.8 Å². The van der Waals surface area contributed by atoms with Crippen LogP contribution in [0.3, 0.4) is 0 Å². The summed E-state index contributed by atoms with van der Waals surface area (Å²) in [5.41, 5.74) is 3.39. The van der Waals surface area contributed by atoms with Crippen LogP contribution in [-0.4, -0.2) is 16.9 Å². The number of nitriles is 1. The number of carbonyl (C=O) groups is 2. The average Bonchev–Trinajstić information content (AvgIpc) is 3.29. The highest BCUT2D eigenvalue weighted by Crippen LogP contribution is 2.28. The standard InChI is InChI=1S/C23H17ClN6O2S/c24-17-6-5-15(11-20(17)30-23(32)28-13-25)29-22(31)21-19(8-10-33-21)27-12-14-7-9-26-18-4-2-1-3-16(14)18/h1-11,27H,12H2,(H,29,31)(H2,28,30,32). The highest BCUT2D eigenvalue weighted by Gasteiger charge is 2.15. The van der Waals surface area contributed by atoms with E-state index in [4.69, 9.17) is 16.9 Å². The van der Waals surface area contributed by atoms with Crippen LogP contribution in [0.5, 0.6) is 0 Å². The van der Waals surface area contributed by atoms with E-state index in [0.29, 0.717) is 22.8 Å². The number of hydrogen-bond acceptors (Lipinski definition) is 6. The summed E-state index contributed by atoms with van der Waals surface area (Å²) in [7, 11) is 0. The molecule has 33 heavy (non-hydrogen) atoms. The minimum Gasteiger partial charge on any atom is -0.380 e. The molecule has 3 amide bonds. The van der Waals surface area contributed by atoms with E-state index >= 15 is 0 Å². The molecule has 0 radical (unpaired) electrons. The topological polar surface area (TPSA) is 119 Å². The van der Waals surface area contributed by atoms with Crippen LogP contribution in [0, 0.1) is 11.5 Å². The molecule has 0 fully saturated rings. The fourth-order valence-corrected chi connectivity index (χ4v) is 4.15. The number of benzene rings is 2. The second-order valence-corrected chi connectivity index (χ2v) is 8.17. The number of anilines is 3. The number of thiophene rings is 1. The van der Waals surface area contributed by atoms with E-state index in [1.165, 1.54) is 23.6 Å². The number of halogens is 1. The third kappa shape index (κ3) is 5.20. The van der Waals surface area contributed by atoms with Gasteiger partial charge in [0.1, 0.15) is 4.88 Å². The highest BCUT2D eigenvalue weighted by atomic mass is 35.5. The van der Waals surface area contributed by atoms with Crippen LogP contribution < -0.4 is 21.3 Å². The quantitative estimate of drug-likeness (QED) is 0.219. The first-order valence-electron chi connectivity index (χ1n) is 9.76. The monoisotopic (exact) mass is 476 g/mol. The summed E-state index contributed by atoms with van der Waals surface area (Å²) < 4.78 is 0. The number of nitrogens with zero attached hydrogens (tertiary/aromatic N) is 2. The summed E-state index contributed by atoms with van der Waals surface area (Å²) >= 11 is 7.40. The lowest BCUT2D eigenvalue weighted by atomic mass is 10.1. The Balaban J connectivity index is 1.47. The number of amides is 3. The van der Waals surface area contributed by atoms with Crippen LogP contribution in [0.15, 0.2) is 66.2 Å². The maximum absolute atomic E-state index is 12.9. The smallest absolute Gasteiger partial charge is 0.332 e. The Morgan fingerprint density at radius 3 is 2.76 bits per heavy atom. The molecule has 0 atom stereocenters. The maximum atomic E-state index is 12.9. The largest absolute Gasteiger partial charge is 0.380 e. The number of aromatic nitrogens is 1. The van der Waals surface area contributed by atoms with Crippen molar-refractivity contribution in [2.24, 2.45) is 0 Å². The zero-order valence-electron chi connectivity index (χ0n) is 17.1. The van der Waals surface area contributed by atoms with Gasteiger partial charge in [-0.05, 0) is 47.3 Å². The summed E-state index contributed by atoms with van der Waals surface area (Å²) in [5, 5.41) is 22.2. The number of hydrogen-bond donors (Lipinski definition) is 4. The molecule has 2 aromatic heterocycles. The molecule has 0 bridgehead atoms. The van der Waals surface area contributed by atoms with Crippen LogP contribution in [0.1, 0.15) is 15.2 Å². The van der Waals surface area contributed by atoms with E-state index in [9.17, 15) is 9.59 Å². The molecular formula is C23H17ClN6O2S. The van der Waals surface area contributed by atoms with Gasteiger partial charge in [0.05, 0.1) is 21.9 Å². The Kier molecular flexibility index (Phi) is 6.69. The van der Waals surface area contributed by atoms with E-state index in [2.05, 4.69) is 20.9 Å². The van der Waals surface area contributed by atoms with Crippen molar-refractivity contribution in [2.45, 2.75) is 6.54 Å². The van der Waals surface area contributed by atoms with Gasteiger partial charge in [-0.15, -0.1) is 11.3 Å². The number of nitrogens with one attached hydrogen (secondary N) is 4. The average molecular weight is 477 g/mol. The molecule has 4 rings (SSSR count). The summed E-state index contributed by atoms with van der Waals surface area (Å²) in [4.78, 5) is 29.4. The van der Waals surface area contributed by atoms with Crippen LogP contribution >= 0.6 is 22.9 Å². The van der Waals surface area contributed by atoms with Crippen molar-refractivity contribution in [1.29, 1.82) is 5.26 Å². The minimum absolute atomic E-state index is 0.260. The van der Waals surface area contributed by atoms with Gasteiger partial charge in [-0.2, -0.15) is 5.26 Å². The van der Waals surface area contributed by atoms with Crippen LogP contribution in [-0.2, 0) is 6.54 Å². The summed E-state index contributed by atoms with van der Waals surface area (Å²) in [6, 6.07) is 15.6. The lowest BCUT2D eigenvalue weighted by Crippen LogP contribution is -2.24. The Bertz CT molecular complexity index is 1380. The molecular weight excluding hydrogens is 460 g/mol. The number of fused-ring (bicyclic) bond motifs is 1. The molecule has 0 saturated carbocycles. The molecule has 2 aromatic carbocycles. The maximum Gasteiger partial charge on any atom is 0.332 e. The lowest BCUT2D eigenvalue weighted by molar-refractivity contribution is 0.103. The molecule has 0 unspecified atom stereocenters. The van der Waals surface area contributed by atoms with Crippen molar-refractivity contribution < 1.29 is 9.59 Å². The second kappa shape index (κ2) is 9.99. The zero-order chi connectivity index (χ0) is 23.2. The van der Waals surface area contributed by atoms with Crippen LogP contribution in [0.2, 0.25) is 5.02 Å². The summed E-state index contributed by atoms with van der Waals surface area (Å²) in [6.45, 7) is 0.531. The Morgan fingerprint density at radius 2 is 1.91 bits per heavy atom. The molecule has 0 aliphatic carbocycles. The van der Waals surface area contributed by atoms with Gasteiger partial charge >= 0.3 is 6.03 Å². The van der Waals surface area contributed by atoms with E-state index in [1.807, 2.05) is 47.1 Å². The molecule has 0 aliphatic heterocycles. The normalized spacial score (nSPS) is 10.3. The van der Waals surface area contributed by atoms with Crippen LogP contribution in [0.4, 0.5) is 21.9 Å². The fraction of sp³-hybridized carbons (Fsp3) is 0.0435. The van der Waals surface area contributed by atoms with Gasteiger partial charge in [0.15, 0.2) is 6.19 Å². The molecule has 164 valence electrons. The summed E-state index contributed by atoms with van der Waals surface area (Å²) in [6.07, 6.45) is 3.30. The van der Waals surface area contributed by atoms with E-state index in [1.54, 1.807) is 18.3 Å². The van der Waals surface area contributed by atoms with Crippen molar-refractivity contribution in [3.8, 4) is 6.19 Å². The first kappa shape index (κ1) is 22.1. The van der Waals surface area contributed by atoms with E-state index < -0.39 is 6.03 Å². The molecule has 2 heterocycles. The SMILES string of the molecule is N#CNC(=O)Nc1cc(NC(=O)c2sccc2NCc2ccnc3ccccc23)ccc1Cl. The minimum atomic E-state index is -0.726. The Labute approximate surface area is 198 Å². The third-order valence-corrected chi connectivity index (χ3v) is 5.96. The molecule has 10 heteroatoms. The number of pyridine rings is 1. The van der Waals surface area contributed by atoms with Gasteiger partial charge < -0.3 is 16.0 Å². The number of urea groups is 1. The van der Waals surface area contributed by atoms with Crippen molar-refractivity contribution in [2.75, 3.05) is 16.0 Å². The molecule has 0 spiro atoms. The van der Waals surface area contributed by atoms with Gasteiger partial charge in [0.2, 0.25) is 0 Å². The molecule has 0 aliphatic rings. The number of carbonyl (C=O) groups excluding carboxylic acids is 2. The van der Waals surface area contributed by atoms with Gasteiger partial charge in [-0.25, -0.2) is 10.1 Å². The first-order chi connectivity index (χ1) is 16.0. The Morgan fingerprint density at radius 1 is 1.06 bits per heavy atom. The van der Waals surface area contributed by atoms with Gasteiger partial charge in [-0.1, -0.05) is 29.8 Å². The van der Waals surface area contributed by atoms with E-state index in [0.717, 1.165) is 16.5 Å². The van der Waals surface area contributed by atoms with Gasteiger partial charge in [0, 0.05) is 23.8 Å². The molecule has 4 aromatic rings. The second-order valence-electron chi connectivity index (χ2n) is 6.84. The fourth-order valence-electron chi connectivity index (χ4n) is 3.22. The molecule has 0 saturated heterocycles.